The SMILES string of the molecule is O=c1[nH]c(NC2c3ccc4c(ccc5ccccc54)c3C(O)C(O)C2O)nc2nc[nH]c12. The number of fused-ring (bicyclic) bond motifs is 6. The third-order valence-corrected chi connectivity index (χ3v) is 6.24. The van der Waals surface area contributed by atoms with Gasteiger partial charge in [-0.15, -0.1) is 0 Å². The van der Waals surface area contributed by atoms with Gasteiger partial charge in [0, 0.05) is 0 Å². The number of aliphatic hydroxyl groups excluding tert-OH is 3. The maximum Gasteiger partial charge on any atom is 0.278 e. The number of hydrogen-bond acceptors (Lipinski definition) is 7. The van der Waals surface area contributed by atoms with Gasteiger partial charge in [0.25, 0.3) is 5.56 Å². The molecule has 2 aromatic heterocycles. The van der Waals surface area contributed by atoms with E-state index >= 15 is 0 Å². The molecule has 0 spiro atoms. The molecule has 6 N–H and O–H groups in total. The van der Waals surface area contributed by atoms with Crippen LogP contribution in [-0.4, -0.2) is 47.5 Å². The van der Waals surface area contributed by atoms with Gasteiger partial charge in [0.15, 0.2) is 11.2 Å². The first-order valence-electron chi connectivity index (χ1n) is 10.2. The molecule has 0 bridgehead atoms. The number of aromatic nitrogens is 4. The highest BCUT2D eigenvalue weighted by Crippen LogP contribution is 2.43. The van der Waals surface area contributed by atoms with Gasteiger partial charge < -0.3 is 25.6 Å². The Kier molecular flexibility index (Phi) is 4.06. The second kappa shape index (κ2) is 6.86. The summed E-state index contributed by atoms with van der Waals surface area (Å²) < 4.78 is 0. The van der Waals surface area contributed by atoms with E-state index in [1.54, 1.807) is 0 Å². The molecule has 1 aliphatic rings. The number of aliphatic hydroxyl groups is 3. The lowest BCUT2D eigenvalue weighted by Gasteiger charge is -2.38. The van der Waals surface area contributed by atoms with Gasteiger partial charge in [0.1, 0.15) is 18.3 Å². The monoisotopic (exact) mass is 429 g/mol. The topological polar surface area (TPSA) is 147 Å². The van der Waals surface area contributed by atoms with E-state index in [4.69, 9.17) is 0 Å². The Bertz CT molecular complexity index is 1560. The molecule has 4 atom stereocenters. The fourth-order valence-corrected chi connectivity index (χ4v) is 4.69. The number of anilines is 1. The van der Waals surface area contributed by atoms with Crippen molar-refractivity contribution in [2.24, 2.45) is 0 Å². The van der Waals surface area contributed by atoms with Gasteiger partial charge in [-0.25, -0.2) is 4.98 Å². The molecule has 5 aromatic rings. The van der Waals surface area contributed by atoms with Gasteiger partial charge in [-0.05, 0) is 32.7 Å². The molecule has 6 rings (SSSR count). The van der Waals surface area contributed by atoms with Gasteiger partial charge in [-0.3, -0.25) is 9.78 Å². The summed E-state index contributed by atoms with van der Waals surface area (Å²) in [6.45, 7) is 0. The van der Waals surface area contributed by atoms with Crippen molar-refractivity contribution >= 4 is 38.7 Å². The third-order valence-electron chi connectivity index (χ3n) is 6.24. The summed E-state index contributed by atoms with van der Waals surface area (Å²) >= 11 is 0. The summed E-state index contributed by atoms with van der Waals surface area (Å²) in [5.74, 6) is 0.104. The van der Waals surface area contributed by atoms with Crippen molar-refractivity contribution in [3.05, 3.63) is 76.3 Å². The minimum Gasteiger partial charge on any atom is -0.388 e. The second-order valence-corrected chi connectivity index (χ2v) is 8.01. The number of H-pyrrole nitrogens is 2. The Balaban J connectivity index is 1.54. The molecule has 9 nitrogen and oxygen atoms in total. The quantitative estimate of drug-likeness (QED) is 0.235. The predicted molar refractivity (Wildman–Crippen MR) is 119 cm³/mol. The lowest BCUT2D eigenvalue weighted by atomic mass is 9.79. The van der Waals surface area contributed by atoms with Crippen molar-refractivity contribution < 1.29 is 15.3 Å². The largest absolute Gasteiger partial charge is 0.388 e. The van der Waals surface area contributed by atoms with Crippen LogP contribution in [0.2, 0.25) is 0 Å². The summed E-state index contributed by atoms with van der Waals surface area (Å²) in [4.78, 5) is 25.9. The van der Waals surface area contributed by atoms with Gasteiger partial charge in [0.2, 0.25) is 5.95 Å². The zero-order valence-corrected chi connectivity index (χ0v) is 16.6. The van der Waals surface area contributed by atoms with E-state index in [2.05, 4.69) is 25.3 Å². The van der Waals surface area contributed by atoms with E-state index < -0.39 is 29.9 Å². The summed E-state index contributed by atoms with van der Waals surface area (Å²) in [6.07, 6.45) is -2.67. The molecule has 160 valence electrons. The first kappa shape index (κ1) is 18.9. The third kappa shape index (κ3) is 2.65. The molecule has 0 fully saturated rings. The Hall–Kier alpha value is -3.79. The molecule has 0 aliphatic heterocycles. The maximum atomic E-state index is 12.3. The van der Waals surface area contributed by atoms with E-state index in [9.17, 15) is 20.1 Å². The van der Waals surface area contributed by atoms with E-state index in [0.29, 0.717) is 11.1 Å². The van der Waals surface area contributed by atoms with Crippen LogP contribution in [0.3, 0.4) is 0 Å². The number of nitrogens with one attached hydrogen (secondary N) is 3. The number of imidazole rings is 1. The average Bonchev–Trinajstić information content (AvgIpc) is 3.29. The summed E-state index contributed by atoms with van der Waals surface area (Å²) in [5, 5.41) is 39.2. The average molecular weight is 429 g/mol. The van der Waals surface area contributed by atoms with Crippen LogP contribution in [0, 0.1) is 0 Å². The number of rotatable bonds is 2. The molecule has 4 unspecified atom stereocenters. The van der Waals surface area contributed by atoms with Crippen LogP contribution in [0.15, 0.2) is 59.7 Å². The molecule has 1 aliphatic carbocycles. The Morgan fingerprint density at radius 3 is 2.59 bits per heavy atom. The fourth-order valence-electron chi connectivity index (χ4n) is 4.69. The van der Waals surface area contributed by atoms with Crippen LogP contribution in [0.25, 0.3) is 32.7 Å². The van der Waals surface area contributed by atoms with E-state index in [1.807, 2.05) is 48.5 Å². The Labute approximate surface area is 180 Å². The van der Waals surface area contributed by atoms with Crippen molar-refractivity contribution in [3.63, 3.8) is 0 Å². The standard InChI is InChI=1S/C23H19N5O4/c29-18-15-13-6-5-10-3-1-2-4-11(10)12(13)7-8-14(15)16(19(30)20(18)31)26-23-27-21-17(22(32)28-23)24-9-25-21/h1-9,16,18-20,29-31H,(H3,24,25,26,27,28,32). The molecule has 0 saturated carbocycles. The van der Waals surface area contributed by atoms with Crippen molar-refractivity contribution in [1.29, 1.82) is 0 Å². The van der Waals surface area contributed by atoms with E-state index in [-0.39, 0.29) is 17.1 Å². The summed E-state index contributed by atoms with van der Waals surface area (Å²) in [7, 11) is 0. The minimum atomic E-state index is -1.43. The minimum absolute atomic E-state index is 0.104. The molecule has 3 aromatic carbocycles. The molecule has 0 saturated heterocycles. The van der Waals surface area contributed by atoms with Crippen molar-refractivity contribution in [2.45, 2.75) is 24.4 Å². The van der Waals surface area contributed by atoms with Crippen LogP contribution in [-0.2, 0) is 0 Å². The Morgan fingerprint density at radius 2 is 1.72 bits per heavy atom. The van der Waals surface area contributed by atoms with E-state index in [0.717, 1.165) is 21.5 Å². The van der Waals surface area contributed by atoms with Crippen LogP contribution >= 0.6 is 0 Å². The highest BCUT2D eigenvalue weighted by molar-refractivity contribution is 6.09. The fraction of sp³-hybridized carbons (Fsp3) is 0.174. The lowest BCUT2D eigenvalue weighted by molar-refractivity contribution is -0.0764. The zero-order valence-electron chi connectivity index (χ0n) is 16.6. The molecule has 9 heteroatoms. The van der Waals surface area contributed by atoms with Crippen molar-refractivity contribution in [2.75, 3.05) is 5.32 Å². The lowest BCUT2D eigenvalue weighted by Crippen LogP contribution is -2.44. The van der Waals surface area contributed by atoms with Crippen LogP contribution in [0.1, 0.15) is 23.3 Å². The van der Waals surface area contributed by atoms with E-state index in [1.165, 1.54) is 6.33 Å². The zero-order chi connectivity index (χ0) is 22.0. The Morgan fingerprint density at radius 1 is 0.906 bits per heavy atom. The predicted octanol–water partition coefficient (Wildman–Crippen LogP) is 1.87. The number of hydrogen-bond donors (Lipinski definition) is 6. The molecular weight excluding hydrogens is 410 g/mol. The van der Waals surface area contributed by atoms with Crippen LogP contribution in [0.5, 0.6) is 0 Å². The highest BCUT2D eigenvalue weighted by atomic mass is 16.4. The van der Waals surface area contributed by atoms with Crippen LogP contribution < -0.4 is 10.9 Å². The van der Waals surface area contributed by atoms with Crippen LogP contribution in [0.4, 0.5) is 5.95 Å². The van der Waals surface area contributed by atoms with Gasteiger partial charge >= 0.3 is 0 Å². The molecule has 0 amide bonds. The normalized spacial score (nSPS) is 23.0. The highest BCUT2D eigenvalue weighted by Gasteiger charge is 2.41. The molecule has 0 radical (unpaired) electrons. The number of aromatic amines is 2. The molecular formula is C23H19N5O4. The number of benzene rings is 3. The first-order chi connectivity index (χ1) is 15.5. The molecule has 32 heavy (non-hydrogen) atoms. The smallest absolute Gasteiger partial charge is 0.278 e. The number of nitrogens with zero attached hydrogens (tertiary/aromatic N) is 2. The summed E-state index contributed by atoms with van der Waals surface area (Å²) in [6, 6.07) is 14.8. The maximum absolute atomic E-state index is 12.3. The second-order valence-electron chi connectivity index (χ2n) is 8.01. The first-order valence-corrected chi connectivity index (χ1v) is 10.2. The van der Waals surface area contributed by atoms with Crippen molar-refractivity contribution in [1.82, 2.24) is 19.9 Å². The van der Waals surface area contributed by atoms with Gasteiger partial charge in [-0.1, -0.05) is 48.5 Å². The van der Waals surface area contributed by atoms with Crippen molar-refractivity contribution in [3.8, 4) is 0 Å². The van der Waals surface area contributed by atoms with Gasteiger partial charge in [0.05, 0.1) is 12.4 Å². The summed E-state index contributed by atoms with van der Waals surface area (Å²) in [5.41, 5.74) is 1.21. The van der Waals surface area contributed by atoms with Gasteiger partial charge in [-0.2, -0.15) is 4.98 Å². The molecule has 2 heterocycles.